The smallest absolute Gasteiger partial charge is 0.184 e. The lowest BCUT2D eigenvalue weighted by Crippen LogP contribution is -2.19. The van der Waals surface area contributed by atoms with E-state index in [9.17, 15) is 4.79 Å². The second-order valence-corrected chi connectivity index (χ2v) is 7.55. The number of ether oxygens (including phenoxy) is 1. The summed E-state index contributed by atoms with van der Waals surface area (Å²) in [5.74, 6) is 0.525. The van der Waals surface area contributed by atoms with Crippen molar-refractivity contribution in [3.05, 3.63) is 66.1 Å². The quantitative estimate of drug-likeness (QED) is 0.501. The van der Waals surface area contributed by atoms with Gasteiger partial charge in [0.15, 0.2) is 5.78 Å². The van der Waals surface area contributed by atoms with Crippen molar-refractivity contribution >= 4 is 27.7 Å². The maximum absolute atomic E-state index is 13.3. The Hall–Kier alpha value is -2.92. The average Bonchev–Trinajstić information content (AvgIpc) is 3.27. The fraction of sp³-hybridized carbons (Fsp3) is 0.304. The molecule has 3 aromatic heterocycles. The molecule has 5 rings (SSSR count). The van der Waals surface area contributed by atoms with Crippen molar-refractivity contribution < 1.29 is 9.53 Å². The van der Waals surface area contributed by atoms with Crippen LogP contribution in [0.25, 0.3) is 21.9 Å². The van der Waals surface area contributed by atoms with Gasteiger partial charge in [0.2, 0.25) is 0 Å². The van der Waals surface area contributed by atoms with Gasteiger partial charge in [-0.2, -0.15) is 0 Å². The van der Waals surface area contributed by atoms with Gasteiger partial charge in [0.1, 0.15) is 5.65 Å². The number of aromatic nitrogens is 3. The number of rotatable bonds is 4. The molecular weight excluding hydrogens is 350 g/mol. The molecule has 1 aliphatic rings. The molecule has 5 heteroatoms. The van der Waals surface area contributed by atoms with Crippen molar-refractivity contribution in [2.75, 3.05) is 13.2 Å². The van der Waals surface area contributed by atoms with Crippen molar-refractivity contribution in [2.45, 2.75) is 25.3 Å². The third-order valence-corrected chi connectivity index (χ3v) is 5.83. The largest absolute Gasteiger partial charge is 0.381 e. The molecule has 0 aliphatic carbocycles. The van der Waals surface area contributed by atoms with Crippen molar-refractivity contribution in [1.82, 2.24) is 14.1 Å². The number of aryl methyl sites for hydroxylation is 1. The van der Waals surface area contributed by atoms with Gasteiger partial charge in [-0.15, -0.1) is 0 Å². The van der Waals surface area contributed by atoms with Crippen LogP contribution in [0.5, 0.6) is 0 Å². The van der Waals surface area contributed by atoms with Crippen LogP contribution in [-0.2, 0) is 18.3 Å². The highest BCUT2D eigenvalue weighted by atomic mass is 16.5. The van der Waals surface area contributed by atoms with E-state index in [0.717, 1.165) is 53.6 Å². The number of nitrogens with zero attached hydrogens (tertiary/aromatic N) is 3. The highest BCUT2D eigenvalue weighted by Gasteiger charge is 2.24. The van der Waals surface area contributed by atoms with Gasteiger partial charge in [0, 0.05) is 66.1 Å². The van der Waals surface area contributed by atoms with Crippen LogP contribution in [0, 0.1) is 0 Å². The van der Waals surface area contributed by atoms with Crippen molar-refractivity contribution in [1.29, 1.82) is 0 Å². The molecule has 0 radical (unpaired) electrons. The summed E-state index contributed by atoms with van der Waals surface area (Å²) < 4.78 is 9.68. The highest BCUT2D eigenvalue weighted by Crippen LogP contribution is 2.32. The fourth-order valence-corrected chi connectivity index (χ4v) is 4.40. The molecule has 0 bridgehead atoms. The lowest BCUT2D eigenvalue weighted by Gasteiger charge is -2.23. The van der Waals surface area contributed by atoms with Crippen molar-refractivity contribution in [2.24, 2.45) is 7.05 Å². The summed E-state index contributed by atoms with van der Waals surface area (Å²) >= 11 is 0. The first-order chi connectivity index (χ1) is 13.7. The molecule has 1 saturated heterocycles. The number of pyridine rings is 1. The third-order valence-electron chi connectivity index (χ3n) is 5.83. The summed E-state index contributed by atoms with van der Waals surface area (Å²) in [5.41, 5.74) is 3.93. The number of Topliss-reactive ketones (excluding diaryl/α,β-unsaturated/α-hetero) is 1. The van der Waals surface area contributed by atoms with Crippen LogP contribution in [0.4, 0.5) is 0 Å². The molecule has 0 unspecified atom stereocenters. The molecule has 1 aromatic carbocycles. The number of carbonyl (C=O) groups excluding carboxylic acids is 1. The van der Waals surface area contributed by atoms with E-state index in [2.05, 4.69) is 21.7 Å². The average molecular weight is 373 g/mol. The minimum absolute atomic E-state index is 0.119. The van der Waals surface area contributed by atoms with Gasteiger partial charge >= 0.3 is 0 Å². The van der Waals surface area contributed by atoms with Gasteiger partial charge in [-0.1, -0.05) is 18.2 Å². The lowest BCUT2D eigenvalue weighted by atomic mass is 9.96. The predicted molar refractivity (Wildman–Crippen MR) is 110 cm³/mol. The van der Waals surface area contributed by atoms with Crippen LogP contribution in [0.1, 0.15) is 34.8 Å². The molecule has 0 N–H and O–H groups in total. The number of para-hydroxylation sites is 1. The highest BCUT2D eigenvalue weighted by molar-refractivity contribution is 6.08. The SMILES string of the molecule is Cn1cc(C(=O)Cn2c(C3CCOCC3)cc3cccnc32)c2ccccc21. The summed E-state index contributed by atoms with van der Waals surface area (Å²) in [7, 11) is 1.99. The van der Waals surface area contributed by atoms with Crippen LogP contribution in [0.2, 0.25) is 0 Å². The zero-order valence-corrected chi connectivity index (χ0v) is 16.0. The topological polar surface area (TPSA) is 49.0 Å². The zero-order chi connectivity index (χ0) is 19.1. The maximum Gasteiger partial charge on any atom is 0.184 e. The van der Waals surface area contributed by atoms with E-state index in [1.54, 1.807) is 6.20 Å². The second kappa shape index (κ2) is 6.91. The van der Waals surface area contributed by atoms with Gasteiger partial charge in [-0.05, 0) is 37.1 Å². The molecule has 4 heterocycles. The molecule has 1 aliphatic heterocycles. The van der Waals surface area contributed by atoms with E-state index >= 15 is 0 Å². The monoisotopic (exact) mass is 373 g/mol. The van der Waals surface area contributed by atoms with E-state index < -0.39 is 0 Å². The first-order valence-electron chi connectivity index (χ1n) is 9.81. The number of ketones is 1. The molecule has 4 aromatic rings. The Morgan fingerprint density at radius 3 is 2.86 bits per heavy atom. The first-order valence-corrected chi connectivity index (χ1v) is 9.81. The van der Waals surface area contributed by atoms with Gasteiger partial charge in [0.25, 0.3) is 0 Å². The Labute approximate surface area is 163 Å². The number of hydrogen-bond donors (Lipinski definition) is 0. The van der Waals surface area contributed by atoms with Gasteiger partial charge in [-0.3, -0.25) is 4.79 Å². The van der Waals surface area contributed by atoms with E-state index in [1.807, 2.05) is 48.1 Å². The van der Waals surface area contributed by atoms with E-state index in [0.29, 0.717) is 12.5 Å². The Balaban J connectivity index is 1.57. The van der Waals surface area contributed by atoms with Crippen molar-refractivity contribution in [3.8, 4) is 0 Å². The van der Waals surface area contributed by atoms with Crippen LogP contribution in [0.15, 0.2) is 54.9 Å². The normalized spacial score (nSPS) is 15.5. The molecule has 0 amide bonds. The Kier molecular flexibility index (Phi) is 4.24. The first kappa shape index (κ1) is 17.2. The Morgan fingerprint density at radius 2 is 2.00 bits per heavy atom. The van der Waals surface area contributed by atoms with E-state index in [-0.39, 0.29) is 5.78 Å². The maximum atomic E-state index is 13.3. The summed E-state index contributed by atoms with van der Waals surface area (Å²) in [5, 5.41) is 2.10. The number of hydrogen-bond acceptors (Lipinski definition) is 3. The third kappa shape index (κ3) is 2.83. The molecule has 0 saturated carbocycles. The van der Waals surface area contributed by atoms with Gasteiger partial charge < -0.3 is 13.9 Å². The summed E-state index contributed by atoms with van der Waals surface area (Å²) in [6.07, 6.45) is 5.72. The summed E-state index contributed by atoms with van der Waals surface area (Å²) in [6, 6.07) is 14.3. The van der Waals surface area contributed by atoms with Gasteiger partial charge in [-0.25, -0.2) is 4.98 Å². The molecule has 28 heavy (non-hydrogen) atoms. The summed E-state index contributed by atoms with van der Waals surface area (Å²) in [4.78, 5) is 17.9. The van der Waals surface area contributed by atoms with Crippen LogP contribution >= 0.6 is 0 Å². The number of fused-ring (bicyclic) bond motifs is 2. The Morgan fingerprint density at radius 1 is 1.18 bits per heavy atom. The van der Waals surface area contributed by atoms with E-state index in [1.165, 1.54) is 5.69 Å². The minimum atomic E-state index is 0.119. The molecule has 0 spiro atoms. The molecule has 1 fully saturated rings. The Bertz CT molecular complexity index is 1170. The standard InChI is InChI=1S/C23H23N3O2/c1-25-14-19(18-6-2-3-7-20(18)25)22(27)15-26-21(16-8-11-28-12-9-16)13-17-5-4-10-24-23(17)26/h2-7,10,13-14,16H,8-9,11-12,15H2,1H3. The fourth-order valence-electron chi connectivity index (χ4n) is 4.40. The molecular formula is C23H23N3O2. The second-order valence-electron chi connectivity index (χ2n) is 7.55. The molecule has 142 valence electrons. The van der Waals surface area contributed by atoms with E-state index in [4.69, 9.17) is 4.74 Å². The van der Waals surface area contributed by atoms with Crippen molar-refractivity contribution in [3.63, 3.8) is 0 Å². The zero-order valence-electron chi connectivity index (χ0n) is 16.0. The van der Waals surface area contributed by atoms with Crippen LogP contribution in [-0.4, -0.2) is 33.1 Å². The number of benzene rings is 1. The number of carbonyl (C=O) groups is 1. The summed E-state index contributed by atoms with van der Waals surface area (Å²) in [6.45, 7) is 1.86. The molecule has 5 nitrogen and oxygen atoms in total. The lowest BCUT2D eigenvalue weighted by molar-refractivity contribution is 0.0834. The van der Waals surface area contributed by atoms with Gasteiger partial charge in [0.05, 0.1) is 6.54 Å². The van der Waals surface area contributed by atoms with Crippen LogP contribution in [0.3, 0.4) is 0 Å². The minimum Gasteiger partial charge on any atom is -0.381 e. The predicted octanol–water partition coefficient (Wildman–Crippen LogP) is 4.30. The van der Waals surface area contributed by atoms with Crippen LogP contribution < -0.4 is 0 Å². The molecule has 0 atom stereocenters.